The van der Waals surface area contributed by atoms with E-state index in [1.165, 1.54) is 0 Å². The molecule has 1 aromatic heterocycles. The second-order valence-corrected chi connectivity index (χ2v) is 4.18. The molecular weight excluding hydrogens is 216 g/mol. The van der Waals surface area contributed by atoms with Gasteiger partial charge in [0, 0.05) is 6.54 Å². The first kappa shape index (κ1) is 11.8. The van der Waals surface area contributed by atoms with Gasteiger partial charge in [-0.15, -0.1) is 5.10 Å². The van der Waals surface area contributed by atoms with Crippen molar-refractivity contribution in [2.45, 2.75) is 6.10 Å². The van der Waals surface area contributed by atoms with Gasteiger partial charge in [-0.3, -0.25) is 0 Å². The lowest BCUT2D eigenvalue weighted by atomic mass is 10.2. The molecule has 5 heteroatoms. The molecule has 0 amide bonds. The van der Waals surface area contributed by atoms with E-state index in [1.54, 1.807) is 10.9 Å². The molecule has 1 N–H and O–H groups in total. The van der Waals surface area contributed by atoms with Crippen LogP contribution in [-0.4, -0.2) is 45.6 Å². The van der Waals surface area contributed by atoms with Gasteiger partial charge >= 0.3 is 0 Å². The highest BCUT2D eigenvalue weighted by Gasteiger charge is 2.15. The molecule has 1 heterocycles. The van der Waals surface area contributed by atoms with Crippen LogP contribution in [0.5, 0.6) is 0 Å². The van der Waals surface area contributed by atoms with Crippen LogP contribution in [0.2, 0.25) is 0 Å². The van der Waals surface area contributed by atoms with Crippen LogP contribution in [0.1, 0.15) is 11.8 Å². The summed E-state index contributed by atoms with van der Waals surface area (Å²) < 4.78 is 1.66. The molecule has 0 fully saturated rings. The normalized spacial score (nSPS) is 12.9. The second kappa shape index (κ2) is 5.07. The zero-order valence-corrected chi connectivity index (χ0v) is 9.98. The molecule has 2 rings (SSSR count). The highest BCUT2D eigenvalue weighted by atomic mass is 16.3. The van der Waals surface area contributed by atoms with Crippen LogP contribution >= 0.6 is 0 Å². The first-order valence-electron chi connectivity index (χ1n) is 5.47. The molecule has 0 aliphatic rings. The predicted octanol–water partition coefficient (Wildman–Crippen LogP) is 0.862. The van der Waals surface area contributed by atoms with Gasteiger partial charge in [0.2, 0.25) is 0 Å². The van der Waals surface area contributed by atoms with Crippen LogP contribution in [0.25, 0.3) is 5.69 Å². The Morgan fingerprint density at radius 1 is 1.29 bits per heavy atom. The lowest BCUT2D eigenvalue weighted by Gasteiger charge is -2.16. The molecular formula is C12H16N4O. The molecule has 5 nitrogen and oxygen atoms in total. The van der Waals surface area contributed by atoms with Crippen molar-refractivity contribution in [2.24, 2.45) is 0 Å². The fourth-order valence-electron chi connectivity index (χ4n) is 1.68. The number of benzene rings is 1. The highest BCUT2D eigenvalue weighted by molar-refractivity contribution is 5.31. The minimum absolute atomic E-state index is 0.542. The maximum Gasteiger partial charge on any atom is 0.110 e. The van der Waals surface area contributed by atoms with E-state index in [0.29, 0.717) is 12.2 Å². The van der Waals surface area contributed by atoms with Crippen molar-refractivity contribution in [3.63, 3.8) is 0 Å². The Balaban J connectivity index is 2.29. The molecule has 0 bridgehead atoms. The number of likely N-dealkylation sites (N-methyl/N-ethyl adjacent to an activating group) is 1. The van der Waals surface area contributed by atoms with E-state index in [4.69, 9.17) is 0 Å². The third kappa shape index (κ3) is 2.69. The average Bonchev–Trinajstić information content (AvgIpc) is 2.78. The lowest BCUT2D eigenvalue weighted by Crippen LogP contribution is -2.22. The average molecular weight is 232 g/mol. The largest absolute Gasteiger partial charge is 0.385 e. The molecule has 1 atom stereocenters. The van der Waals surface area contributed by atoms with Crippen molar-refractivity contribution in [1.82, 2.24) is 19.9 Å². The van der Waals surface area contributed by atoms with Crippen LogP contribution in [0.15, 0.2) is 36.5 Å². The first-order valence-corrected chi connectivity index (χ1v) is 5.47. The second-order valence-electron chi connectivity index (χ2n) is 4.18. The summed E-state index contributed by atoms with van der Waals surface area (Å²) in [4.78, 5) is 1.92. The van der Waals surface area contributed by atoms with Crippen LogP contribution in [0, 0.1) is 0 Å². The van der Waals surface area contributed by atoms with Gasteiger partial charge < -0.3 is 10.0 Å². The van der Waals surface area contributed by atoms with Crippen LogP contribution < -0.4 is 0 Å². The summed E-state index contributed by atoms with van der Waals surface area (Å²) >= 11 is 0. The third-order valence-corrected chi connectivity index (χ3v) is 2.46. The maximum atomic E-state index is 10.1. The molecule has 0 saturated carbocycles. The van der Waals surface area contributed by atoms with Crippen molar-refractivity contribution >= 4 is 0 Å². The van der Waals surface area contributed by atoms with E-state index < -0.39 is 6.10 Å². The van der Waals surface area contributed by atoms with E-state index in [2.05, 4.69) is 10.3 Å². The van der Waals surface area contributed by atoms with Gasteiger partial charge in [0.1, 0.15) is 6.10 Å². The number of para-hydroxylation sites is 1. The van der Waals surface area contributed by atoms with E-state index >= 15 is 0 Å². The fourth-order valence-corrected chi connectivity index (χ4v) is 1.68. The molecule has 0 aliphatic heterocycles. The van der Waals surface area contributed by atoms with Crippen molar-refractivity contribution in [3.8, 4) is 5.69 Å². The molecule has 0 saturated heterocycles. The summed E-state index contributed by atoms with van der Waals surface area (Å²) in [6, 6.07) is 9.66. The number of nitrogens with zero attached hydrogens (tertiary/aromatic N) is 4. The van der Waals surface area contributed by atoms with Gasteiger partial charge in [-0.25, -0.2) is 4.68 Å². The van der Waals surface area contributed by atoms with Crippen molar-refractivity contribution < 1.29 is 5.11 Å². The first-order chi connectivity index (χ1) is 8.18. The number of aliphatic hydroxyl groups excluding tert-OH is 1. The minimum Gasteiger partial charge on any atom is -0.385 e. The summed E-state index contributed by atoms with van der Waals surface area (Å²) in [6.45, 7) is 0.542. The van der Waals surface area contributed by atoms with Crippen LogP contribution in [0.3, 0.4) is 0 Å². The zero-order chi connectivity index (χ0) is 12.3. The molecule has 90 valence electrons. The van der Waals surface area contributed by atoms with Gasteiger partial charge in [-0.2, -0.15) is 0 Å². The quantitative estimate of drug-likeness (QED) is 0.849. The molecule has 0 radical (unpaired) electrons. The Hall–Kier alpha value is -1.72. The molecule has 0 spiro atoms. The topological polar surface area (TPSA) is 54.2 Å². The third-order valence-electron chi connectivity index (χ3n) is 2.46. The molecule has 1 unspecified atom stereocenters. The van der Waals surface area contributed by atoms with E-state index in [0.717, 1.165) is 5.69 Å². The number of rotatable bonds is 4. The van der Waals surface area contributed by atoms with Crippen molar-refractivity contribution in [1.29, 1.82) is 0 Å². The van der Waals surface area contributed by atoms with Crippen molar-refractivity contribution in [3.05, 3.63) is 42.2 Å². The summed E-state index contributed by atoms with van der Waals surface area (Å²) in [7, 11) is 3.83. The Kier molecular flexibility index (Phi) is 3.51. The summed E-state index contributed by atoms with van der Waals surface area (Å²) in [6.07, 6.45) is 1.00. The smallest absolute Gasteiger partial charge is 0.110 e. The molecule has 0 aliphatic carbocycles. The Bertz CT molecular complexity index is 466. The van der Waals surface area contributed by atoms with Gasteiger partial charge in [0.05, 0.1) is 17.6 Å². The number of aromatic nitrogens is 3. The Morgan fingerprint density at radius 2 is 2.00 bits per heavy atom. The monoisotopic (exact) mass is 232 g/mol. The summed E-state index contributed by atoms with van der Waals surface area (Å²) in [5, 5.41) is 17.9. The van der Waals surface area contributed by atoms with E-state index in [1.807, 2.05) is 49.3 Å². The van der Waals surface area contributed by atoms with Gasteiger partial charge in [0.25, 0.3) is 0 Å². The van der Waals surface area contributed by atoms with Gasteiger partial charge in [0.15, 0.2) is 0 Å². The standard InChI is InChI=1S/C12H16N4O/c1-15(2)9-12(17)11-8-13-14-16(11)10-6-4-3-5-7-10/h3-8,12,17H,9H2,1-2H3. The van der Waals surface area contributed by atoms with Crippen molar-refractivity contribution in [2.75, 3.05) is 20.6 Å². The summed E-state index contributed by atoms with van der Waals surface area (Å²) in [5.74, 6) is 0. The molecule has 17 heavy (non-hydrogen) atoms. The van der Waals surface area contributed by atoms with Gasteiger partial charge in [-0.1, -0.05) is 23.4 Å². The lowest BCUT2D eigenvalue weighted by molar-refractivity contribution is 0.132. The van der Waals surface area contributed by atoms with E-state index in [-0.39, 0.29) is 0 Å². The summed E-state index contributed by atoms with van der Waals surface area (Å²) in [5.41, 5.74) is 1.60. The maximum absolute atomic E-state index is 10.1. The molecule has 1 aromatic carbocycles. The van der Waals surface area contributed by atoms with E-state index in [9.17, 15) is 5.11 Å². The fraction of sp³-hybridized carbons (Fsp3) is 0.333. The predicted molar refractivity (Wildman–Crippen MR) is 64.9 cm³/mol. The van der Waals surface area contributed by atoms with Gasteiger partial charge in [-0.05, 0) is 26.2 Å². The Morgan fingerprint density at radius 3 is 2.65 bits per heavy atom. The minimum atomic E-state index is -0.597. The number of hydrogen-bond donors (Lipinski definition) is 1. The number of hydrogen-bond acceptors (Lipinski definition) is 4. The SMILES string of the molecule is CN(C)CC(O)c1cnnn1-c1ccccc1. The van der Waals surface area contributed by atoms with Crippen LogP contribution in [0.4, 0.5) is 0 Å². The number of aliphatic hydroxyl groups is 1. The Labute approximate surface area is 100 Å². The zero-order valence-electron chi connectivity index (χ0n) is 9.98. The molecule has 2 aromatic rings. The highest BCUT2D eigenvalue weighted by Crippen LogP contribution is 2.16. The van der Waals surface area contributed by atoms with Crippen LogP contribution in [-0.2, 0) is 0 Å².